The van der Waals surface area contributed by atoms with Gasteiger partial charge in [0.2, 0.25) is 0 Å². The molecule has 0 radical (unpaired) electrons. The van der Waals surface area contributed by atoms with Crippen LogP contribution in [0.3, 0.4) is 0 Å². The van der Waals surface area contributed by atoms with Gasteiger partial charge in [0.1, 0.15) is 0 Å². The van der Waals surface area contributed by atoms with E-state index in [0.717, 1.165) is 19.6 Å². The standard InChI is InChI=1S/C9H18N2/c1-3-6-10-7-8-11-9(2)4-5-9/h3,10-11H,1,4-8H2,2H3. The van der Waals surface area contributed by atoms with Gasteiger partial charge in [-0.15, -0.1) is 6.58 Å². The molecule has 0 bridgehead atoms. The smallest absolute Gasteiger partial charge is 0.0155 e. The van der Waals surface area contributed by atoms with E-state index in [2.05, 4.69) is 24.1 Å². The summed E-state index contributed by atoms with van der Waals surface area (Å²) in [7, 11) is 0. The monoisotopic (exact) mass is 154 g/mol. The third kappa shape index (κ3) is 3.54. The zero-order valence-corrected chi connectivity index (χ0v) is 7.32. The van der Waals surface area contributed by atoms with Gasteiger partial charge < -0.3 is 10.6 Å². The Bertz CT molecular complexity index is 128. The predicted octanol–water partition coefficient (Wildman–Crippen LogP) is 0.904. The summed E-state index contributed by atoms with van der Waals surface area (Å²) in [6.07, 6.45) is 4.57. The van der Waals surface area contributed by atoms with Gasteiger partial charge in [-0.1, -0.05) is 6.08 Å². The van der Waals surface area contributed by atoms with Gasteiger partial charge in [-0.05, 0) is 19.8 Å². The molecule has 0 saturated heterocycles. The molecule has 64 valence electrons. The molecular formula is C9H18N2. The fourth-order valence-corrected chi connectivity index (χ4v) is 1.02. The van der Waals surface area contributed by atoms with Gasteiger partial charge >= 0.3 is 0 Å². The summed E-state index contributed by atoms with van der Waals surface area (Å²) >= 11 is 0. The van der Waals surface area contributed by atoms with E-state index >= 15 is 0 Å². The molecule has 0 aromatic heterocycles. The first-order valence-corrected chi connectivity index (χ1v) is 4.33. The van der Waals surface area contributed by atoms with E-state index in [0.29, 0.717) is 5.54 Å². The Morgan fingerprint density at radius 1 is 1.45 bits per heavy atom. The van der Waals surface area contributed by atoms with Crippen LogP contribution in [0.4, 0.5) is 0 Å². The van der Waals surface area contributed by atoms with Crippen LogP contribution >= 0.6 is 0 Å². The minimum Gasteiger partial charge on any atom is -0.312 e. The van der Waals surface area contributed by atoms with Crippen molar-refractivity contribution in [2.45, 2.75) is 25.3 Å². The lowest BCUT2D eigenvalue weighted by molar-refractivity contribution is 0.526. The highest BCUT2D eigenvalue weighted by Crippen LogP contribution is 2.33. The third-order valence-corrected chi connectivity index (χ3v) is 2.14. The van der Waals surface area contributed by atoms with Gasteiger partial charge in [-0.3, -0.25) is 0 Å². The van der Waals surface area contributed by atoms with Crippen molar-refractivity contribution in [2.24, 2.45) is 0 Å². The summed E-state index contributed by atoms with van der Waals surface area (Å²) in [5, 5.41) is 6.75. The van der Waals surface area contributed by atoms with Crippen molar-refractivity contribution >= 4 is 0 Å². The van der Waals surface area contributed by atoms with E-state index in [1.165, 1.54) is 12.8 Å². The SMILES string of the molecule is C=CCNCCNC1(C)CC1. The normalized spacial score (nSPS) is 19.7. The van der Waals surface area contributed by atoms with Crippen LogP contribution in [0.1, 0.15) is 19.8 Å². The van der Waals surface area contributed by atoms with Crippen LogP contribution in [0.2, 0.25) is 0 Å². The molecule has 2 N–H and O–H groups in total. The fraction of sp³-hybridized carbons (Fsp3) is 0.778. The molecule has 2 nitrogen and oxygen atoms in total. The van der Waals surface area contributed by atoms with Crippen LogP contribution in [-0.4, -0.2) is 25.2 Å². The van der Waals surface area contributed by atoms with Gasteiger partial charge in [0.05, 0.1) is 0 Å². The molecule has 0 aliphatic heterocycles. The van der Waals surface area contributed by atoms with Crippen molar-refractivity contribution in [3.8, 4) is 0 Å². The molecule has 1 aliphatic carbocycles. The van der Waals surface area contributed by atoms with Crippen LogP contribution < -0.4 is 10.6 Å². The highest BCUT2D eigenvalue weighted by Gasteiger charge is 2.35. The van der Waals surface area contributed by atoms with E-state index < -0.39 is 0 Å². The Morgan fingerprint density at radius 2 is 2.18 bits per heavy atom. The Balaban J connectivity index is 1.84. The van der Waals surface area contributed by atoms with E-state index in [4.69, 9.17) is 0 Å². The van der Waals surface area contributed by atoms with E-state index in [1.54, 1.807) is 0 Å². The van der Waals surface area contributed by atoms with Gasteiger partial charge in [0, 0.05) is 25.2 Å². The molecule has 0 unspecified atom stereocenters. The zero-order chi connectivity index (χ0) is 8.16. The molecule has 0 atom stereocenters. The second-order valence-corrected chi connectivity index (χ2v) is 3.48. The van der Waals surface area contributed by atoms with E-state index in [-0.39, 0.29) is 0 Å². The van der Waals surface area contributed by atoms with Crippen LogP contribution in [0.25, 0.3) is 0 Å². The minimum absolute atomic E-state index is 0.482. The van der Waals surface area contributed by atoms with Crippen LogP contribution in [0, 0.1) is 0 Å². The van der Waals surface area contributed by atoms with Crippen molar-refractivity contribution in [3.05, 3.63) is 12.7 Å². The summed E-state index contributed by atoms with van der Waals surface area (Å²) in [6.45, 7) is 8.95. The molecule has 0 spiro atoms. The van der Waals surface area contributed by atoms with Gasteiger partial charge in [0.15, 0.2) is 0 Å². The molecule has 11 heavy (non-hydrogen) atoms. The fourth-order valence-electron chi connectivity index (χ4n) is 1.02. The Labute approximate surface area is 69.1 Å². The molecule has 1 saturated carbocycles. The van der Waals surface area contributed by atoms with Crippen molar-refractivity contribution < 1.29 is 0 Å². The molecular weight excluding hydrogens is 136 g/mol. The Morgan fingerprint density at radius 3 is 2.73 bits per heavy atom. The van der Waals surface area contributed by atoms with E-state index in [1.807, 2.05) is 6.08 Å². The number of nitrogens with one attached hydrogen (secondary N) is 2. The summed E-state index contributed by atoms with van der Waals surface area (Å²) in [5.41, 5.74) is 0.482. The highest BCUT2D eigenvalue weighted by atomic mass is 15.0. The molecule has 1 fully saturated rings. The molecule has 1 aliphatic rings. The average Bonchev–Trinajstić information content (AvgIpc) is 2.69. The van der Waals surface area contributed by atoms with Crippen molar-refractivity contribution in [3.63, 3.8) is 0 Å². The molecule has 1 rings (SSSR count). The first kappa shape index (κ1) is 8.75. The maximum atomic E-state index is 3.64. The molecule has 0 heterocycles. The quantitative estimate of drug-likeness (QED) is 0.439. The summed E-state index contributed by atoms with van der Waals surface area (Å²) in [5.74, 6) is 0. The lowest BCUT2D eigenvalue weighted by atomic mass is 10.3. The number of hydrogen-bond donors (Lipinski definition) is 2. The average molecular weight is 154 g/mol. The molecule has 0 aromatic carbocycles. The largest absolute Gasteiger partial charge is 0.312 e. The topological polar surface area (TPSA) is 24.1 Å². The summed E-state index contributed by atoms with van der Waals surface area (Å²) in [6, 6.07) is 0. The molecule has 0 amide bonds. The summed E-state index contributed by atoms with van der Waals surface area (Å²) in [4.78, 5) is 0. The zero-order valence-electron chi connectivity index (χ0n) is 7.32. The third-order valence-electron chi connectivity index (χ3n) is 2.14. The first-order valence-electron chi connectivity index (χ1n) is 4.33. The van der Waals surface area contributed by atoms with Gasteiger partial charge in [0.25, 0.3) is 0 Å². The first-order chi connectivity index (χ1) is 5.27. The van der Waals surface area contributed by atoms with Gasteiger partial charge in [-0.2, -0.15) is 0 Å². The highest BCUT2D eigenvalue weighted by molar-refractivity contribution is 4.97. The van der Waals surface area contributed by atoms with Crippen LogP contribution in [0.5, 0.6) is 0 Å². The predicted molar refractivity (Wildman–Crippen MR) is 48.7 cm³/mol. The lowest BCUT2D eigenvalue weighted by Gasteiger charge is -2.10. The maximum absolute atomic E-state index is 3.64. The Hall–Kier alpha value is -0.340. The van der Waals surface area contributed by atoms with Crippen molar-refractivity contribution in [1.29, 1.82) is 0 Å². The summed E-state index contributed by atoms with van der Waals surface area (Å²) < 4.78 is 0. The van der Waals surface area contributed by atoms with Crippen LogP contribution in [0.15, 0.2) is 12.7 Å². The molecule has 0 aromatic rings. The minimum atomic E-state index is 0.482. The lowest BCUT2D eigenvalue weighted by Crippen LogP contribution is -2.34. The van der Waals surface area contributed by atoms with Crippen LogP contribution in [-0.2, 0) is 0 Å². The number of rotatable bonds is 6. The molecule has 2 heteroatoms. The second-order valence-electron chi connectivity index (χ2n) is 3.48. The maximum Gasteiger partial charge on any atom is 0.0155 e. The van der Waals surface area contributed by atoms with E-state index in [9.17, 15) is 0 Å². The Kier molecular flexibility index (Phi) is 3.09. The van der Waals surface area contributed by atoms with Crippen molar-refractivity contribution in [2.75, 3.05) is 19.6 Å². The number of hydrogen-bond acceptors (Lipinski definition) is 2. The second kappa shape index (κ2) is 3.88. The van der Waals surface area contributed by atoms with Crippen molar-refractivity contribution in [1.82, 2.24) is 10.6 Å². The van der Waals surface area contributed by atoms with Gasteiger partial charge in [-0.25, -0.2) is 0 Å².